The van der Waals surface area contributed by atoms with Crippen LogP contribution in [0.25, 0.3) is 11.3 Å². The van der Waals surface area contributed by atoms with Crippen LogP contribution in [0.2, 0.25) is 0 Å². The summed E-state index contributed by atoms with van der Waals surface area (Å²) < 4.78 is 7.54. The minimum atomic E-state index is 0.463. The molecule has 0 aliphatic carbocycles. The van der Waals surface area contributed by atoms with Gasteiger partial charge in [0.1, 0.15) is 11.6 Å². The van der Waals surface area contributed by atoms with Gasteiger partial charge in [-0.15, -0.1) is 0 Å². The molecule has 0 spiro atoms. The highest BCUT2D eigenvalue weighted by molar-refractivity contribution is 5.63. The lowest BCUT2D eigenvalue weighted by atomic mass is 10.1. The molecule has 1 aromatic heterocycles. The summed E-state index contributed by atoms with van der Waals surface area (Å²) in [7, 11) is 1.99. The van der Waals surface area contributed by atoms with Crippen LogP contribution < -0.4 is 10.5 Å². The number of hydrogen-bond donors (Lipinski definition) is 1. The molecule has 4 heteroatoms. The standard InChI is InChI=1S/C13H15N3O/c1-16-11(8-15-13(16)7-14)9-2-3-12-10(6-9)4-5-17-12/h2-3,6,8H,4-5,7,14H2,1H3. The summed E-state index contributed by atoms with van der Waals surface area (Å²) >= 11 is 0. The van der Waals surface area contributed by atoms with Crippen molar-refractivity contribution in [1.82, 2.24) is 9.55 Å². The zero-order chi connectivity index (χ0) is 11.8. The molecule has 3 rings (SSSR count). The topological polar surface area (TPSA) is 53.1 Å². The molecule has 0 unspecified atom stereocenters. The Balaban J connectivity index is 2.06. The molecule has 17 heavy (non-hydrogen) atoms. The second-order valence-corrected chi connectivity index (χ2v) is 4.24. The third kappa shape index (κ3) is 1.61. The Labute approximate surface area is 100 Å². The van der Waals surface area contributed by atoms with Gasteiger partial charge in [0.15, 0.2) is 0 Å². The lowest BCUT2D eigenvalue weighted by Gasteiger charge is -2.06. The van der Waals surface area contributed by atoms with E-state index in [1.165, 1.54) is 11.1 Å². The zero-order valence-electron chi connectivity index (χ0n) is 9.81. The normalized spacial score (nSPS) is 13.5. The molecule has 0 amide bonds. The van der Waals surface area contributed by atoms with Crippen LogP contribution in [0.3, 0.4) is 0 Å². The summed E-state index contributed by atoms with van der Waals surface area (Å²) in [6, 6.07) is 6.29. The van der Waals surface area contributed by atoms with Crippen LogP contribution in [0.15, 0.2) is 24.4 Å². The summed E-state index contributed by atoms with van der Waals surface area (Å²) in [5, 5.41) is 0. The van der Waals surface area contributed by atoms with Gasteiger partial charge in [-0.2, -0.15) is 0 Å². The van der Waals surface area contributed by atoms with E-state index in [1.54, 1.807) is 0 Å². The van der Waals surface area contributed by atoms with Gasteiger partial charge in [0.25, 0.3) is 0 Å². The molecule has 0 fully saturated rings. The predicted molar refractivity (Wildman–Crippen MR) is 65.7 cm³/mol. The van der Waals surface area contributed by atoms with E-state index in [1.807, 2.05) is 23.9 Å². The first-order chi connectivity index (χ1) is 8.29. The molecule has 2 N–H and O–H groups in total. The van der Waals surface area contributed by atoms with Gasteiger partial charge in [-0.05, 0) is 23.8 Å². The molecule has 2 heterocycles. The van der Waals surface area contributed by atoms with Crippen molar-refractivity contribution in [3.05, 3.63) is 35.8 Å². The van der Waals surface area contributed by atoms with E-state index in [2.05, 4.69) is 17.1 Å². The smallest absolute Gasteiger partial charge is 0.122 e. The number of nitrogens with zero attached hydrogens (tertiary/aromatic N) is 2. The summed E-state index contributed by atoms with van der Waals surface area (Å²) in [6.45, 7) is 1.25. The maximum atomic E-state index is 5.63. The van der Waals surface area contributed by atoms with Crippen LogP contribution in [0.4, 0.5) is 0 Å². The van der Waals surface area contributed by atoms with E-state index in [0.717, 1.165) is 30.3 Å². The van der Waals surface area contributed by atoms with Crippen LogP contribution in [-0.2, 0) is 20.0 Å². The molecule has 0 atom stereocenters. The number of imidazole rings is 1. The number of nitrogens with two attached hydrogens (primary N) is 1. The molecule has 1 aromatic carbocycles. The summed E-state index contributed by atoms with van der Waals surface area (Å²) in [5.41, 5.74) is 9.17. The van der Waals surface area contributed by atoms with E-state index in [0.29, 0.717) is 6.54 Å². The van der Waals surface area contributed by atoms with Gasteiger partial charge in [0, 0.05) is 19.0 Å². The number of fused-ring (bicyclic) bond motifs is 1. The van der Waals surface area contributed by atoms with E-state index < -0.39 is 0 Å². The Kier molecular flexibility index (Phi) is 2.37. The average Bonchev–Trinajstić information content (AvgIpc) is 2.94. The van der Waals surface area contributed by atoms with Crippen LogP contribution in [0.1, 0.15) is 11.4 Å². The van der Waals surface area contributed by atoms with Gasteiger partial charge in [0.2, 0.25) is 0 Å². The third-order valence-corrected chi connectivity index (χ3v) is 3.25. The molecule has 1 aliphatic heterocycles. The zero-order valence-corrected chi connectivity index (χ0v) is 9.81. The second-order valence-electron chi connectivity index (χ2n) is 4.24. The largest absolute Gasteiger partial charge is 0.493 e. The van der Waals surface area contributed by atoms with Crippen LogP contribution in [-0.4, -0.2) is 16.2 Å². The van der Waals surface area contributed by atoms with Crippen molar-refractivity contribution in [3.63, 3.8) is 0 Å². The molecule has 0 saturated heterocycles. The highest BCUT2D eigenvalue weighted by atomic mass is 16.5. The van der Waals surface area contributed by atoms with Gasteiger partial charge in [-0.3, -0.25) is 0 Å². The Morgan fingerprint density at radius 2 is 2.35 bits per heavy atom. The molecule has 88 valence electrons. The highest BCUT2D eigenvalue weighted by Crippen LogP contribution is 2.30. The number of rotatable bonds is 2. The van der Waals surface area contributed by atoms with E-state index in [9.17, 15) is 0 Å². The molecule has 4 nitrogen and oxygen atoms in total. The second kappa shape index (κ2) is 3.89. The number of hydrogen-bond acceptors (Lipinski definition) is 3. The minimum Gasteiger partial charge on any atom is -0.493 e. The summed E-state index contributed by atoms with van der Waals surface area (Å²) in [4.78, 5) is 4.31. The quantitative estimate of drug-likeness (QED) is 0.848. The van der Waals surface area contributed by atoms with Gasteiger partial charge >= 0.3 is 0 Å². The van der Waals surface area contributed by atoms with Gasteiger partial charge in [0.05, 0.1) is 25.0 Å². The molecule has 0 saturated carbocycles. The number of ether oxygens (including phenoxy) is 1. The fourth-order valence-corrected chi connectivity index (χ4v) is 2.25. The first-order valence-corrected chi connectivity index (χ1v) is 5.76. The molecule has 2 aromatic rings. The molecule has 1 aliphatic rings. The summed E-state index contributed by atoms with van der Waals surface area (Å²) in [5.74, 6) is 1.91. The number of aromatic nitrogens is 2. The first-order valence-electron chi connectivity index (χ1n) is 5.76. The Bertz CT molecular complexity index is 560. The van der Waals surface area contributed by atoms with Crippen molar-refractivity contribution in [2.24, 2.45) is 12.8 Å². The van der Waals surface area contributed by atoms with Crippen molar-refractivity contribution in [1.29, 1.82) is 0 Å². The lowest BCUT2D eigenvalue weighted by molar-refractivity contribution is 0.357. The molecular formula is C13H15N3O. The Hall–Kier alpha value is -1.81. The van der Waals surface area contributed by atoms with Crippen LogP contribution >= 0.6 is 0 Å². The molecule has 0 bridgehead atoms. The van der Waals surface area contributed by atoms with Crippen molar-refractivity contribution in [2.75, 3.05) is 6.61 Å². The van der Waals surface area contributed by atoms with Crippen molar-refractivity contribution in [2.45, 2.75) is 13.0 Å². The van der Waals surface area contributed by atoms with E-state index in [-0.39, 0.29) is 0 Å². The fourth-order valence-electron chi connectivity index (χ4n) is 2.25. The van der Waals surface area contributed by atoms with Crippen LogP contribution in [0, 0.1) is 0 Å². The van der Waals surface area contributed by atoms with Crippen molar-refractivity contribution >= 4 is 0 Å². The molecule has 0 radical (unpaired) electrons. The van der Waals surface area contributed by atoms with Gasteiger partial charge < -0.3 is 15.0 Å². The van der Waals surface area contributed by atoms with E-state index in [4.69, 9.17) is 10.5 Å². The van der Waals surface area contributed by atoms with Crippen molar-refractivity contribution in [3.8, 4) is 17.0 Å². The third-order valence-electron chi connectivity index (χ3n) is 3.25. The minimum absolute atomic E-state index is 0.463. The van der Waals surface area contributed by atoms with Crippen molar-refractivity contribution < 1.29 is 4.74 Å². The fraction of sp³-hybridized carbons (Fsp3) is 0.308. The predicted octanol–water partition coefficient (Wildman–Crippen LogP) is 1.48. The number of benzene rings is 1. The highest BCUT2D eigenvalue weighted by Gasteiger charge is 2.14. The molecular weight excluding hydrogens is 214 g/mol. The van der Waals surface area contributed by atoms with E-state index >= 15 is 0 Å². The Morgan fingerprint density at radius 1 is 1.47 bits per heavy atom. The lowest BCUT2D eigenvalue weighted by Crippen LogP contribution is -2.05. The monoisotopic (exact) mass is 229 g/mol. The van der Waals surface area contributed by atoms with Gasteiger partial charge in [-0.1, -0.05) is 0 Å². The maximum Gasteiger partial charge on any atom is 0.122 e. The Morgan fingerprint density at radius 3 is 3.12 bits per heavy atom. The average molecular weight is 229 g/mol. The summed E-state index contributed by atoms with van der Waals surface area (Å²) in [6.07, 6.45) is 2.87. The van der Waals surface area contributed by atoms with Gasteiger partial charge in [-0.25, -0.2) is 4.98 Å². The SMILES string of the molecule is Cn1c(-c2ccc3c(c2)CCO3)cnc1CN. The maximum absolute atomic E-state index is 5.63. The first kappa shape index (κ1) is 10.4. The van der Waals surface area contributed by atoms with Crippen LogP contribution in [0.5, 0.6) is 5.75 Å².